The molecule has 0 bridgehead atoms. The predicted octanol–water partition coefficient (Wildman–Crippen LogP) is 3.82. The lowest BCUT2D eigenvalue weighted by molar-refractivity contribution is -0.116. The van der Waals surface area contributed by atoms with E-state index in [1.54, 1.807) is 23.1 Å². The zero-order valence-electron chi connectivity index (χ0n) is 16.6. The van der Waals surface area contributed by atoms with Crippen LogP contribution < -0.4 is 5.32 Å². The molecule has 28 heavy (non-hydrogen) atoms. The van der Waals surface area contributed by atoms with Gasteiger partial charge >= 0.3 is 0 Å². The van der Waals surface area contributed by atoms with Crippen molar-refractivity contribution in [3.05, 3.63) is 65.2 Å². The summed E-state index contributed by atoms with van der Waals surface area (Å²) in [5, 5.41) is 2.92. The Hall–Kier alpha value is -2.66. The second kappa shape index (κ2) is 9.51. The molecule has 1 fully saturated rings. The van der Waals surface area contributed by atoms with E-state index < -0.39 is 0 Å². The van der Waals surface area contributed by atoms with Crippen LogP contribution in [-0.2, 0) is 16.0 Å². The number of ether oxygens (including phenoxy) is 1. The maximum atomic E-state index is 12.7. The van der Waals surface area contributed by atoms with Crippen molar-refractivity contribution in [2.24, 2.45) is 0 Å². The fourth-order valence-corrected chi connectivity index (χ4v) is 3.47. The molecule has 1 saturated heterocycles. The third kappa shape index (κ3) is 5.42. The summed E-state index contributed by atoms with van der Waals surface area (Å²) in [5.74, 6) is -0.0519. The number of morpholine rings is 1. The van der Waals surface area contributed by atoms with Gasteiger partial charge in [-0.2, -0.15) is 0 Å². The smallest absolute Gasteiger partial charge is 0.254 e. The van der Waals surface area contributed by atoms with E-state index in [-0.39, 0.29) is 17.9 Å². The Morgan fingerprint density at radius 3 is 2.79 bits per heavy atom. The minimum atomic E-state index is -0.0295. The van der Waals surface area contributed by atoms with E-state index in [0.29, 0.717) is 37.4 Å². The first-order chi connectivity index (χ1) is 13.5. The minimum absolute atomic E-state index is 0.0224. The molecule has 5 nitrogen and oxygen atoms in total. The van der Waals surface area contributed by atoms with Crippen LogP contribution in [0.5, 0.6) is 0 Å². The largest absolute Gasteiger partial charge is 0.375 e. The molecule has 2 aromatic rings. The Kier molecular flexibility index (Phi) is 6.82. The lowest BCUT2D eigenvalue weighted by Crippen LogP contribution is -2.44. The summed E-state index contributed by atoms with van der Waals surface area (Å²) in [6.45, 7) is 5.80. The summed E-state index contributed by atoms with van der Waals surface area (Å²) in [7, 11) is 0. The lowest BCUT2D eigenvalue weighted by atomic mass is 10.0. The van der Waals surface area contributed by atoms with Crippen LogP contribution in [0, 0.1) is 6.92 Å². The van der Waals surface area contributed by atoms with Crippen molar-refractivity contribution in [1.29, 1.82) is 0 Å². The summed E-state index contributed by atoms with van der Waals surface area (Å²) in [4.78, 5) is 26.8. The van der Waals surface area contributed by atoms with E-state index in [0.717, 1.165) is 12.8 Å². The predicted molar refractivity (Wildman–Crippen MR) is 111 cm³/mol. The first kappa shape index (κ1) is 20.1. The highest BCUT2D eigenvalue weighted by molar-refractivity contribution is 5.97. The second-order valence-corrected chi connectivity index (χ2v) is 7.34. The third-order valence-corrected chi connectivity index (χ3v) is 5.03. The molecule has 0 aliphatic carbocycles. The normalized spacial score (nSPS) is 16.6. The molecule has 1 aliphatic heterocycles. The van der Waals surface area contributed by atoms with E-state index in [2.05, 4.69) is 24.4 Å². The van der Waals surface area contributed by atoms with Crippen molar-refractivity contribution in [1.82, 2.24) is 4.90 Å². The summed E-state index contributed by atoms with van der Waals surface area (Å²) in [6.07, 6.45) is 2.18. The minimum Gasteiger partial charge on any atom is -0.375 e. The number of hydrogen-bond donors (Lipinski definition) is 1. The van der Waals surface area contributed by atoms with Crippen LogP contribution in [0.2, 0.25) is 0 Å². The van der Waals surface area contributed by atoms with E-state index in [1.807, 2.05) is 25.1 Å². The number of amides is 2. The topological polar surface area (TPSA) is 58.6 Å². The number of nitrogens with one attached hydrogen (secondary N) is 1. The fourth-order valence-electron chi connectivity index (χ4n) is 3.47. The fraction of sp³-hybridized carbons (Fsp3) is 0.391. The second-order valence-electron chi connectivity index (χ2n) is 7.34. The number of nitrogens with zero attached hydrogens (tertiary/aromatic N) is 1. The molecule has 1 unspecified atom stereocenters. The zero-order valence-corrected chi connectivity index (χ0v) is 16.6. The standard InChI is InChI=1S/C23H28N2O3/c1-17-7-3-4-8-19(17)9-6-12-22(26)24-21-11-5-10-20(15-21)23(27)25-13-14-28-18(2)16-25/h3-5,7-8,10-11,15,18H,6,9,12-14,16H2,1-2H3,(H,24,26). The summed E-state index contributed by atoms with van der Waals surface area (Å²) in [5.41, 5.74) is 3.79. The molecule has 2 aromatic carbocycles. The number of carbonyl (C=O) groups excluding carboxylic acids is 2. The molecule has 0 saturated carbocycles. The quantitative estimate of drug-likeness (QED) is 0.829. The van der Waals surface area contributed by atoms with Gasteiger partial charge in [-0.25, -0.2) is 0 Å². The molecule has 2 amide bonds. The highest BCUT2D eigenvalue weighted by Crippen LogP contribution is 2.16. The molecule has 0 aromatic heterocycles. The number of aryl methyl sites for hydroxylation is 2. The van der Waals surface area contributed by atoms with Gasteiger partial charge < -0.3 is 15.0 Å². The van der Waals surface area contributed by atoms with Crippen LogP contribution >= 0.6 is 0 Å². The Morgan fingerprint density at radius 2 is 2.00 bits per heavy atom. The Balaban J connectivity index is 1.53. The summed E-state index contributed by atoms with van der Waals surface area (Å²) in [6, 6.07) is 15.4. The van der Waals surface area contributed by atoms with Gasteiger partial charge in [-0.3, -0.25) is 9.59 Å². The molecule has 3 rings (SSSR count). The monoisotopic (exact) mass is 380 g/mol. The van der Waals surface area contributed by atoms with Gasteiger partial charge in [0.05, 0.1) is 12.7 Å². The molecular weight excluding hydrogens is 352 g/mol. The lowest BCUT2D eigenvalue weighted by Gasteiger charge is -2.31. The molecule has 1 N–H and O–H groups in total. The number of carbonyl (C=O) groups is 2. The molecule has 1 aliphatic rings. The van der Waals surface area contributed by atoms with Crippen molar-refractivity contribution in [3.63, 3.8) is 0 Å². The van der Waals surface area contributed by atoms with Crippen LogP contribution in [0.25, 0.3) is 0 Å². The summed E-state index contributed by atoms with van der Waals surface area (Å²) < 4.78 is 5.50. The highest BCUT2D eigenvalue weighted by Gasteiger charge is 2.22. The number of anilines is 1. The van der Waals surface area contributed by atoms with Gasteiger partial charge in [0.1, 0.15) is 0 Å². The molecule has 148 valence electrons. The number of hydrogen-bond acceptors (Lipinski definition) is 3. The van der Waals surface area contributed by atoms with Crippen molar-refractivity contribution < 1.29 is 14.3 Å². The van der Waals surface area contributed by atoms with Crippen LogP contribution in [0.15, 0.2) is 48.5 Å². The van der Waals surface area contributed by atoms with Gasteiger partial charge in [0.2, 0.25) is 5.91 Å². The maximum Gasteiger partial charge on any atom is 0.254 e. The first-order valence-electron chi connectivity index (χ1n) is 9.88. The van der Waals surface area contributed by atoms with Crippen LogP contribution in [0.4, 0.5) is 5.69 Å². The highest BCUT2D eigenvalue weighted by atomic mass is 16.5. The van der Waals surface area contributed by atoms with E-state index in [4.69, 9.17) is 4.74 Å². The van der Waals surface area contributed by atoms with Gasteiger partial charge in [-0.1, -0.05) is 30.3 Å². The summed E-state index contributed by atoms with van der Waals surface area (Å²) >= 11 is 0. The Morgan fingerprint density at radius 1 is 1.18 bits per heavy atom. The van der Waals surface area contributed by atoms with Gasteiger partial charge in [-0.15, -0.1) is 0 Å². The van der Waals surface area contributed by atoms with Crippen molar-refractivity contribution in [2.45, 2.75) is 39.2 Å². The molecular formula is C23H28N2O3. The molecule has 0 radical (unpaired) electrons. The van der Waals surface area contributed by atoms with Gasteiger partial charge in [0.15, 0.2) is 0 Å². The molecule has 1 atom stereocenters. The Bertz CT molecular complexity index is 834. The third-order valence-electron chi connectivity index (χ3n) is 5.03. The maximum absolute atomic E-state index is 12.7. The zero-order chi connectivity index (χ0) is 19.9. The van der Waals surface area contributed by atoms with Gasteiger partial charge in [0, 0.05) is 30.8 Å². The number of benzene rings is 2. The number of rotatable bonds is 6. The average Bonchev–Trinajstić information content (AvgIpc) is 2.69. The SMILES string of the molecule is Cc1ccccc1CCCC(=O)Nc1cccc(C(=O)N2CCOC(C)C2)c1. The Labute approximate surface area is 166 Å². The van der Waals surface area contributed by atoms with E-state index in [9.17, 15) is 9.59 Å². The van der Waals surface area contributed by atoms with Crippen molar-refractivity contribution in [3.8, 4) is 0 Å². The van der Waals surface area contributed by atoms with Crippen LogP contribution in [0.3, 0.4) is 0 Å². The van der Waals surface area contributed by atoms with Crippen molar-refractivity contribution in [2.75, 3.05) is 25.0 Å². The molecule has 5 heteroatoms. The van der Waals surface area contributed by atoms with Gasteiger partial charge in [0.25, 0.3) is 5.91 Å². The van der Waals surface area contributed by atoms with Gasteiger partial charge in [-0.05, 0) is 56.0 Å². The molecule has 0 spiro atoms. The van der Waals surface area contributed by atoms with E-state index >= 15 is 0 Å². The van der Waals surface area contributed by atoms with Crippen LogP contribution in [0.1, 0.15) is 41.3 Å². The van der Waals surface area contributed by atoms with Crippen molar-refractivity contribution >= 4 is 17.5 Å². The van der Waals surface area contributed by atoms with E-state index in [1.165, 1.54) is 11.1 Å². The van der Waals surface area contributed by atoms with Crippen LogP contribution in [-0.4, -0.2) is 42.5 Å². The first-order valence-corrected chi connectivity index (χ1v) is 9.88. The molecule has 1 heterocycles. The average molecular weight is 380 g/mol.